The number of rotatable bonds is 7. The Bertz CT molecular complexity index is 634. The highest BCUT2D eigenvalue weighted by molar-refractivity contribution is 5.76. The molecule has 1 atom stereocenters. The summed E-state index contributed by atoms with van der Waals surface area (Å²) in [4.78, 5) is 14.5. The van der Waals surface area contributed by atoms with Gasteiger partial charge >= 0.3 is 0 Å². The van der Waals surface area contributed by atoms with Crippen LogP contribution in [0.15, 0.2) is 47.1 Å². The van der Waals surface area contributed by atoms with Crippen molar-refractivity contribution in [1.29, 1.82) is 0 Å². The summed E-state index contributed by atoms with van der Waals surface area (Å²) in [7, 11) is 0. The minimum absolute atomic E-state index is 0.0118. The predicted octanol–water partition coefficient (Wildman–Crippen LogP) is 3.30. The molecule has 24 heavy (non-hydrogen) atoms. The van der Waals surface area contributed by atoms with Crippen LogP contribution in [0.2, 0.25) is 0 Å². The first-order valence-corrected chi connectivity index (χ1v) is 8.51. The van der Waals surface area contributed by atoms with Crippen LogP contribution in [0, 0.1) is 5.82 Å². The molecule has 1 aromatic carbocycles. The normalized spacial score (nSPS) is 16.2. The third kappa shape index (κ3) is 4.45. The molecule has 2 aromatic rings. The molecule has 0 radical (unpaired) electrons. The molecule has 0 spiro atoms. The fraction of sp³-hybridized carbons (Fsp3) is 0.421. The molecule has 1 aliphatic rings. The van der Waals surface area contributed by atoms with Gasteiger partial charge < -0.3 is 9.73 Å². The van der Waals surface area contributed by atoms with Crippen LogP contribution < -0.4 is 5.32 Å². The molecule has 4 nitrogen and oxygen atoms in total. The average molecular weight is 330 g/mol. The Hall–Kier alpha value is -2.14. The highest BCUT2D eigenvalue weighted by Gasteiger charge is 2.23. The van der Waals surface area contributed by atoms with Gasteiger partial charge in [-0.25, -0.2) is 4.39 Å². The van der Waals surface area contributed by atoms with Gasteiger partial charge in [0.05, 0.1) is 12.3 Å². The maximum absolute atomic E-state index is 13.2. The SMILES string of the molecule is O=C(CCc1ccco1)NCC(c1ccc(F)cc1)N1CCCC1. The number of nitrogens with zero attached hydrogens (tertiary/aromatic N) is 1. The van der Waals surface area contributed by atoms with Crippen molar-refractivity contribution in [3.8, 4) is 0 Å². The van der Waals surface area contributed by atoms with Crippen molar-refractivity contribution in [2.75, 3.05) is 19.6 Å². The van der Waals surface area contributed by atoms with Crippen molar-refractivity contribution in [1.82, 2.24) is 10.2 Å². The van der Waals surface area contributed by atoms with Crippen molar-refractivity contribution < 1.29 is 13.6 Å². The number of amides is 1. The Morgan fingerprint density at radius 3 is 2.62 bits per heavy atom. The summed E-state index contributed by atoms with van der Waals surface area (Å²) in [6.07, 6.45) is 4.97. The number of likely N-dealkylation sites (tertiary alicyclic amines) is 1. The van der Waals surface area contributed by atoms with E-state index in [0.29, 0.717) is 19.4 Å². The lowest BCUT2D eigenvalue weighted by Gasteiger charge is -2.28. The summed E-state index contributed by atoms with van der Waals surface area (Å²) in [6.45, 7) is 2.58. The molecule has 128 valence electrons. The molecule has 1 N–H and O–H groups in total. The second kappa shape index (κ2) is 8.11. The summed E-state index contributed by atoms with van der Waals surface area (Å²) >= 11 is 0. The molecule has 0 saturated carbocycles. The Morgan fingerprint density at radius 2 is 1.96 bits per heavy atom. The summed E-state index contributed by atoms with van der Waals surface area (Å²) in [5.74, 6) is 0.596. The minimum atomic E-state index is -0.235. The first-order chi connectivity index (χ1) is 11.7. The van der Waals surface area contributed by atoms with Crippen molar-refractivity contribution >= 4 is 5.91 Å². The van der Waals surface area contributed by atoms with E-state index >= 15 is 0 Å². The smallest absolute Gasteiger partial charge is 0.220 e. The van der Waals surface area contributed by atoms with Crippen molar-refractivity contribution in [2.45, 2.75) is 31.7 Å². The summed E-state index contributed by atoms with van der Waals surface area (Å²) in [5, 5.41) is 3.02. The lowest BCUT2D eigenvalue weighted by Crippen LogP contribution is -2.36. The van der Waals surface area contributed by atoms with E-state index in [-0.39, 0.29) is 17.8 Å². The maximum Gasteiger partial charge on any atom is 0.220 e. The molecule has 2 heterocycles. The molecule has 1 amide bonds. The highest BCUT2D eigenvalue weighted by atomic mass is 19.1. The van der Waals surface area contributed by atoms with Crippen LogP contribution in [0.3, 0.4) is 0 Å². The number of furan rings is 1. The summed E-state index contributed by atoms with van der Waals surface area (Å²) < 4.78 is 18.4. The zero-order valence-corrected chi connectivity index (χ0v) is 13.7. The van der Waals surface area contributed by atoms with E-state index in [0.717, 1.165) is 24.4 Å². The third-order valence-corrected chi connectivity index (χ3v) is 4.51. The molecule has 1 unspecified atom stereocenters. The van der Waals surface area contributed by atoms with Gasteiger partial charge in [-0.05, 0) is 55.8 Å². The number of halogens is 1. The number of hydrogen-bond donors (Lipinski definition) is 1. The molecule has 0 bridgehead atoms. The van der Waals surface area contributed by atoms with E-state index in [2.05, 4.69) is 10.2 Å². The zero-order chi connectivity index (χ0) is 16.8. The van der Waals surface area contributed by atoms with Crippen molar-refractivity contribution in [2.24, 2.45) is 0 Å². The second-order valence-electron chi connectivity index (χ2n) is 6.19. The molecule has 1 aliphatic heterocycles. The summed E-state index contributed by atoms with van der Waals surface area (Å²) in [5.41, 5.74) is 1.05. The van der Waals surface area contributed by atoms with E-state index < -0.39 is 0 Å². The topological polar surface area (TPSA) is 45.5 Å². The highest BCUT2D eigenvalue weighted by Crippen LogP contribution is 2.24. The van der Waals surface area contributed by atoms with Crippen LogP contribution in [-0.4, -0.2) is 30.4 Å². The number of hydrogen-bond acceptors (Lipinski definition) is 3. The van der Waals surface area contributed by atoms with Crippen LogP contribution in [0.25, 0.3) is 0 Å². The Morgan fingerprint density at radius 1 is 1.21 bits per heavy atom. The van der Waals surface area contributed by atoms with Gasteiger partial charge in [-0.1, -0.05) is 12.1 Å². The average Bonchev–Trinajstić information content (AvgIpc) is 3.28. The fourth-order valence-electron chi connectivity index (χ4n) is 3.19. The molecular formula is C19H23FN2O2. The number of nitrogens with one attached hydrogen (secondary N) is 1. The van der Waals surface area contributed by atoms with Gasteiger partial charge in [-0.2, -0.15) is 0 Å². The largest absolute Gasteiger partial charge is 0.469 e. The van der Waals surface area contributed by atoms with Gasteiger partial charge in [0, 0.05) is 19.4 Å². The number of aryl methyl sites for hydroxylation is 1. The van der Waals surface area contributed by atoms with Crippen molar-refractivity contribution in [3.63, 3.8) is 0 Å². The first kappa shape index (κ1) is 16.7. The van der Waals surface area contributed by atoms with Gasteiger partial charge in [0.1, 0.15) is 11.6 Å². The van der Waals surface area contributed by atoms with E-state index in [4.69, 9.17) is 4.42 Å². The van der Waals surface area contributed by atoms with E-state index in [1.165, 1.54) is 25.0 Å². The van der Waals surface area contributed by atoms with Crippen LogP contribution in [-0.2, 0) is 11.2 Å². The van der Waals surface area contributed by atoms with Crippen LogP contribution >= 0.6 is 0 Å². The fourth-order valence-corrected chi connectivity index (χ4v) is 3.19. The molecule has 5 heteroatoms. The Kier molecular flexibility index (Phi) is 5.64. The molecule has 1 saturated heterocycles. The molecule has 0 aliphatic carbocycles. The quantitative estimate of drug-likeness (QED) is 0.847. The van der Waals surface area contributed by atoms with Gasteiger partial charge in [-0.15, -0.1) is 0 Å². The van der Waals surface area contributed by atoms with Crippen molar-refractivity contribution in [3.05, 3.63) is 59.8 Å². The van der Waals surface area contributed by atoms with Gasteiger partial charge in [0.25, 0.3) is 0 Å². The number of carbonyl (C=O) groups is 1. The van der Waals surface area contributed by atoms with Crippen LogP contribution in [0.1, 0.15) is 36.6 Å². The zero-order valence-electron chi connectivity index (χ0n) is 13.7. The molecule has 1 fully saturated rings. The lowest BCUT2D eigenvalue weighted by atomic mass is 10.1. The van der Waals surface area contributed by atoms with Crippen LogP contribution in [0.4, 0.5) is 4.39 Å². The van der Waals surface area contributed by atoms with Gasteiger partial charge in [0.15, 0.2) is 0 Å². The predicted molar refractivity (Wildman–Crippen MR) is 90.0 cm³/mol. The maximum atomic E-state index is 13.2. The monoisotopic (exact) mass is 330 g/mol. The number of carbonyl (C=O) groups excluding carboxylic acids is 1. The van der Waals surface area contributed by atoms with Gasteiger partial charge in [0.2, 0.25) is 5.91 Å². The third-order valence-electron chi connectivity index (χ3n) is 4.51. The molecular weight excluding hydrogens is 307 g/mol. The Labute approximate surface area is 141 Å². The minimum Gasteiger partial charge on any atom is -0.469 e. The van der Waals surface area contributed by atoms with Gasteiger partial charge in [-0.3, -0.25) is 9.69 Å². The number of benzene rings is 1. The Balaban J connectivity index is 1.57. The van der Waals surface area contributed by atoms with Crippen LogP contribution in [0.5, 0.6) is 0 Å². The first-order valence-electron chi connectivity index (χ1n) is 8.51. The molecule has 1 aromatic heterocycles. The standard InChI is InChI=1S/C19H23FN2O2/c20-16-7-5-15(6-8-16)18(22-11-1-2-12-22)14-21-19(23)10-9-17-4-3-13-24-17/h3-8,13,18H,1-2,9-12,14H2,(H,21,23). The molecule has 3 rings (SSSR count). The second-order valence-corrected chi connectivity index (χ2v) is 6.19. The van der Waals surface area contributed by atoms with E-state index in [1.807, 2.05) is 24.3 Å². The van der Waals surface area contributed by atoms with E-state index in [1.54, 1.807) is 6.26 Å². The van der Waals surface area contributed by atoms with E-state index in [9.17, 15) is 9.18 Å². The summed E-state index contributed by atoms with van der Waals surface area (Å²) in [6, 6.07) is 10.4. The lowest BCUT2D eigenvalue weighted by molar-refractivity contribution is -0.121.